The van der Waals surface area contributed by atoms with Crippen LogP contribution in [0.15, 0.2) is 6.07 Å². The molecule has 86 valence electrons. The summed E-state index contributed by atoms with van der Waals surface area (Å²) in [6, 6.07) is 2.06. The van der Waals surface area contributed by atoms with E-state index in [-0.39, 0.29) is 6.04 Å². The van der Waals surface area contributed by atoms with Crippen LogP contribution < -0.4 is 10.5 Å². The molecule has 0 saturated carbocycles. The molecule has 2 heterocycles. The maximum atomic E-state index is 6.34. The van der Waals surface area contributed by atoms with E-state index in [1.165, 1.54) is 11.1 Å². The Kier molecular flexibility index (Phi) is 2.57. The van der Waals surface area contributed by atoms with E-state index >= 15 is 0 Å². The van der Waals surface area contributed by atoms with Gasteiger partial charge in [0.2, 0.25) is 0 Å². The van der Waals surface area contributed by atoms with E-state index in [2.05, 4.69) is 6.92 Å². The van der Waals surface area contributed by atoms with Gasteiger partial charge in [0.15, 0.2) is 0 Å². The van der Waals surface area contributed by atoms with E-state index in [9.17, 15) is 0 Å². The van der Waals surface area contributed by atoms with Crippen molar-refractivity contribution in [1.82, 2.24) is 0 Å². The molecule has 0 spiro atoms. The molecule has 0 bridgehead atoms. The molecule has 1 aromatic carbocycles. The Balaban J connectivity index is 2.21. The second kappa shape index (κ2) is 3.83. The second-order valence-electron chi connectivity index (χ2n) is 4.38. The molecular formula is C12H14ClNOS. The molecule has 2 aliphatic heterocycles. The highest BCUT2D eigenvalue weighted by atomic mass is 35.5. The number of benzene rings is 1. The molecule has 0 fully saturated rings. The van der Waals surface area contributed by atoms with Crippen LogP contribution in [-0.4, -0.2) is 11.9 Å². The van der Waals surface area contributed by atoms with Crippen LogP contribution in [0.5, 0.6) is 5.75 Å². The third-order valence-electron chi connectivity index (χ3n) is 3.40. The van der Waals surface area contributed by atoms with Crippen molar-refractivity contribution in [1.29, 1.82) is 0 Å². The largest absolute Gasteiger partial charge is 0.493 e. The fourth-order valence-electron chi connectivity index (χ4n) is 2.44. The van der Waals surface area contributed by atoms with Gasteiger partial charge < -0.3 is 10.5 Å². The van der Waals surface area contributed by atoms with Crippen molar-refractivity contribution in [2.24, 2.45) is 5.73 Å². The molecule has 2 atom stereocenters. The van der Waals surface area contributed by atoms with Crippen molar-refractivity contribution >= 4 is 23.4 Å². The van der Waals surface area contributed by atoms with E-state index in [0.717, 1.165) is 35.1 Å². The third-order valence-corrected chi connectivity index (χ3v) is 4.98. The van der Waals surface area contributed by atoms with Crippen LogP contribution in [0.3, 0.4) is 0 Å². The van der Waals surface area contributed by atoms with Gasteiger partial charge in [0.25, 0.3) is 0 Å². The van der Waals surface area contributed by atoms with Gasteiger partial charge in [-0.05, 0) is 17.2 Å². The van der Waals surface area contributed by atoms with Crippen molar-refractivity contribution in [3.63, 3.8) is 0 Å². The summed E-state index contributed by atoms with van der Waals surface area (Å²) in [5, 5.41) is 1.24. The predicted octanol–water partition coefficient (Wildman–Crippen LogP) is 2.91. The Hall–Kier alpha value is -0.380. The van der Waals surface area contributed by atoms with E-state index < -0.39 is 0 Å². The van der Waals surface area contributed by atoms with Gasteiger partial charge in [0, 0.05) is 34.1 Å². The van der Waals surface area contributed by atoms with Crippen molar-refractivity contribution in [3.05, 3.63) is 27.8 Å². The van der Waals surface area contributed by atoms with Crippen molar-refractivity contribution in [3.8, 4) is 5.75 Å². The Bertz CT molecular complexity index is 449. The maximum Gasteiger partial charge on any atom is 0.127 e. The SMILES string of the molecule is CC1SCc2c3c(cc(Cl)c2C1N)CCO3. The summed E-state index contributed by atoms with van der Waals surface area (Å²) in [5.74, 6) is 2.02. The molecule has 2 N–H and O–H groups in total. The number of hydrogen-bond acceptors (Lipinski definition) is 3. The van der Waals surface area contributed by atoms with Crippen molar-refractivity contribution in [2.75, 3.05) is 6.61 Å². The Morgan fingerprint density at radius 2 is 2.38 bits per heavy atom. The minimum absolute atomic E-state index is 0.0238. The van der Waals surface area contributed by atoms with Gasteiger partial charge in [0.05, 0.1) is 6.61 Å². The van der Waals surface area contributed by atoms with Crippen molar-refractivity contribution in [2.45, 2.75) is 30.4 Å². The molecule has 16 heavy (non-hydrogen) atoms. The van der Waals surface area contributed by atoms with E-state index in [0.29, 0.717) is 5.25 Å². The number of ether oxygens (including phenoxy) is 1. The number of nitrogens with two attached hydrogens (primary N) is 1. The van der Waals surface area contributed by atoms with Crippen LogP contribution in [-0.2, 0) is 12.2 Å². The Morgan fingerprint density at radius 1 is 1.56 bits per heavy atom. The van der Waals surface area contributed by atoms with Crippen LogP contribution >= 0.6 is 23.4 Å². The number of fused-ring (bicyclic) bond motifs is 3. The highest BCUT2D eigenvalue weighted by Gasteiger charge is 2.31. The van der Waals surface area contributed by atoms with E-state index in [1.807, 2.05) is 17.8 Å². The molecule has 4 heteroatoms. The molecule has 0 aliphatic carbocycles. The molecule has 0 aromatic heterocycles. The first-order valence-electron chi connectivity index (χ1n) is 5.52. The van der Waals surface area contributed by atoms with Gasteiger partial charge in [-0.15, -0.1) is 0 Å². The van der Waals surface area contributed by atoms with Gasteiger partial charge in [0.1, 0.15) is 5.75 Å². The average molecular weight is 256 g/mol. The quantitative estimate of drug-likeness (QED) is 0.774. The van der Waals surface area contributed by atoms with Crippen LogP contribution in [0.4, 0.5) is 0 Å². The van der Waals surface area contributed by atoms with Gasteiger partial charge in [-0.25, -0.2) is 0 Å². The van der Waals surface area contributed by atoms with Crippen LogP contribution in [0, 0.1) is 0 Å². The Labute approximate surface area is 104 Å². The van der Waals surface area contributed by atoms with Crippen LogP contribution in [0.25, 0.3) is 0 Å². The summed E-state index contributed by atoms with van der Waals surface area (Å²) in [6.07, 6.45) is 0.970. The standard InChI is InChI=1S/C12H14ClNOS/c1-6-11(14)10-8(5-16-6)12-7(2-3-15-12)4-9(10)13/h4,6,11H,2-3,5,14H2,1H3. The minimum Gasteiger partial charge on any atom is -0.493 e. The topological polar surface area (TPSA) is 35.2 Å². The third kappa shape index (κ3) is 1.45. The zero-order valence-corrected chi connectivity index (χ0v) is 10.7. The normalized spacial score (nSPS) is 27.2. The predicted molar refractivity (Wildman–Crippen MR) is 68.3 cm³/mol. The summed E-state index contributed by atoms with van der Waals surface area (Å²) < 4.78 is 5.71. The molecule has 2 nitrogen and oxygen atoms in total. The lowest BCUT2D eigenvalue weighted by atomic mass is 9.95. The van der Waals surface area contributed by atoms with Crippen LogP contribution in [0.1, 0.15) is 29.7 Å². The monoisotopic (exact) mass is 255 g/mol. The zero-order valence-electron chi connectivity index (χ0n) is 9.13. The summed E-state index contributed by atoms with van der Waals surface area (Å²) in [6.45, 7) is 2.93. The molecule has 3 rings (SSSR count). The highest BCUT2D eigenvalue weighted by Crippen LogP contribution is 2.46. The highest BCUT2D eigenvalue weighted by molar-refractivity contribution is 7.99. The number of hydrogen-bond donors (Lipinski definition) is 1. The molecule has 1 aromatic rings. The average Bonchev–Trinajstić information content (AvgIpc) is 2.70. The molecule has 0 radical (unpaired) electrons. The first-order valence-corrected chi connectivity index (χ1v) is 6.95. The summed E-state index contributed by atoms with van der Waals surface area (Å²) in [4.78, 5) is 0. The smallest absolute Gasteiger partial charge is 0.127 e. The maximum absolute atomic E-state index is 6.34. The molecule has 0 amide bonds. The van der Waals surface area contributed by atoms with Gasteiger partial charge in [-0.1, -0.05) is 18.5 Å². The van der Waals surface area contributed by atoms with Gasteiger partial charge in [-0.3, -0.25) is 0 Å². The number of halogens is 1. The molecular weight excluding hydrogens is 242 g/mol. The lowest BCUT2D eigenvalue weighted by molar-refractivity contribution is 0.353. The first-order chi connectivity index (χ1) is 7.68. The Morgan fingerprint density at radius 3 is 3.19 bits per heavy atom. The van der Waals surface area contributed by atoms with Crippen LogP contribution in [0.2, 0.25) is 5.02 Å². The lowest BCUT2D eigenvalue weighted by Crippen LogP contribution is -2.26. The number of rotatable bonds is 0. The summed E-state index contributed by atoms with van der Waals surface area (Å²) >= 11 is 8.22. The number of thioether (sulfide) groups is 1. The fraction of sp³-hybridized carbons (Fsp3) is 0.500. The minimum atomic E-state index is 0.0238. The van der Waals surface area contributed by atoms with E-state index in [4.69, 9.17) is 22.1 Å². The molecule has 0 saturated heterocycles. The lowest BCUT2D eigenvalue weighted by Gasteiger charge is -2.30. The van der Waals surface area contributed by atoms with Gasteiger partial charge >= 0.3 is 0 Å². The first kappa shape index (κ1) is 10.8. The second-order valence-corrected chi connectivity index (χ2v) is 6.15. The van der Waals surface area contributed by atoms with Gasteiger partial charge in [-0.2, -0.15) is 11.8 Å². The zero-order chi connectivity index (χ0) is 11.3. The fourth-order valence-corrected chi connectivity index (χ4v) is 3.87. The van der Waals surface area contributed by atoms with E-state index in [1.54, 1.807) is 0 Å². The molecule has 2 unspecified atom stereocenters. The summed E-state index contributed by atoms with van der Waals surface area (Å²) in [7, 11) is 0. The molecule has 2 aliphatic rings. The van der Waals surface area contributed by atoms with Crippen molar-refractivity contribution < 1.29 is 4.74 Å². The summed E-state index contributed by atoms with van der Waals surface area (Å²) in [5.41, 5.74) is 9.80.